The summed E-state index contributed by atoms with van der Waals surface area (Å²) in [6.07, 6.45) is 3.13. The van der Waals surface area contributed by atoms with Crippen molar-refractivity contribution in [1.29, 1.82) is 0 Å². The van der Waals surface area contributed by atoms with Gasteiger partial charge in [-0.3, -0.25) is 4.79 Å². The molecule has 2 aromatic rings. The summed E-state index contributed by atoms with van der Waals surface area (Å²) < 4.78 is 32.7. The summed E-state index contributed by atoms with van der Waals surface area (Å²) in [5.41, 5.74) is 1.11. The van der Waals surface area contributed by atoms with E-state index in [9.17, 15) is 18.0 Å². The van der Waals surface area contributed by atoms with Crippen LogP contribution in [0, 0.1) is 0 Å². The van der Waals surface area contributed by atoms with Gasteiger partial charge >= 0.3 is 6.03 Å². The summed E-state index contributed by atoms with van der Waals surface area (Å²) in [6, 6.07) is 8.85. The van der Waals surface area contributed by atoms with Gasteiger partial charge in [0, 0.05) is 31.1 Å². The number of ether oxygens (including phenoxy) is 1. The molecule has 4 rings (SSSR count). The van der Waals surface area contributed by atoms with E-state index in [1.807, 2.05) is 0 Å². The van der Waals surface area contributed by atoms with Crippen molar-refractivity contribution in [1.82, 2.24) is 9.62 Å². The molecule has 0 bridgehead atoms. The third-order valence-electron chi connectivity index (χ3n) is 5.49. The highest BCUT2D eigenvalue weighted by Gasteiger charge is 2.39. The average Bonchev–Trinajstić information content (AvgIpc) is 3.56. The van der Waals surface area contributed by atoms with Crippen LogP contribution in [-0.2, 0) is 19.6 Å². The molecule has 0 aliphatic carbocycles. The standard InChI is InChI=1S/C21H26N4O5S2/c26-20(18-5-1-11-25(18)32(28,29)19-6-3-13-31-19)23-15-7-9-16(10-8-15)24-21(27)22-14-17-4-2-12-30-17/h3,6-10,13,17-18H,1-2,4-5,11-12,14H2,(H,23,26)(H2,22,24,27). The molecular formula is C21H26N4O5S2. The molecule has 32 heavy (non-hydrogen) atoms. The largest absolute Gasteiger partial charge is 0.376 e. The van der Waals surface area contributed by atoms with Crippen molar-refractivity contribution in [3.05, 3.63) is 41.8 Å². The van der Waals surface area contributed by atoms with E-state index in [1.165, 1.54) is 4.31 Å². The number of amides is 3. The van der Waals surface area contributed by atoms with Crippen LogP contribution in [0.15, 0.2) is 46.0 Å². The number of benzene rings is 1. The second-order valence-corrected chi connectivity index (χ2v) is 10.8. The summed E-state index contributed by atoms with van der Waals surface area (Å²) in [6.45, 7) is 1.52. The van der Waals surface area contributed by atoms with Crippen LogP contribution in [0.5, 0.6) is 0 Å². The number of carbonyl (C=O) groups excluding carboxylic acids is 2. The fraction of sp³-hybridized carbons (Fsp3) is 0.429. The van der Waals surface area contributed by atoms with Crippen molar-refractivity contribution in [3.8, 4) is 0 Å². The SMILES string of the molecule is O=C(NCC1CCCO1)Nc1ccc(NC(=O)C2CCCN2S(=O)(=O)c2cccs2)cc1. The first-order valence-electron chi connectivity index (χ1n) is 10.6. The molecule has 3 heterocycles. The zero-order valence-electron chi connectivity index (χ0n) is 17.5. The van der Waals surface area contributed by atoms with Crippen molar-refractivity contribution >= 4 is 44.7 Å². The minimum atomic E-state index is -3.69. The summed E-state index contributed by atoms with van der Waals surface area (Å²) >= 11 is 1.14. The number of hydrogen-bond donors (Lipinski definition) is 3. The second-order valence-electron chi connectivity index (χ2n) is 7.74. The first-order chi connectivity index (χ1) is 15.4. The predicted octanol–water partition coefficient (Wildman–Crippen LogP) is 2.84. The third-order valence-corrected chi connectivity index (χ3v) is 8.77. The molecule has 1 aromatic carbocycles. The molecule has 2 fully saturated rings. The zero-order chi connectivity index (χ0) is 22.6. The molecule has 172 valence electrons. The molecule has 2 unspecified atom stereocenters. The molecular weight excluding hydrogens is 452 g/mol. The van der Waals surface area contributed by atoms with Crippen LogP contribution in [0.3, 0.4) is 0 Å². The average molecular weight is 479 g/mol. The summed E-state index contributed by atoms with van der Waals surface area (Å²) in [5.74, 6) is -0.363. The number of sulfonamides is 1. The van der Waals surface area contributed by atoms with Gasteiger partial charge in [0.25, 0.3) is 10.0 Å². The Bertz CT molecular complexity index is 1030. The molecule has 3 N–H and O–H groups in total. The fourth-order valence-corrected chi connectivity index (χ4v) is 6.64. The number of hydrogen-bond acceptors (Lipinski definition) is 6. The quantitative estimate of drug-likeness (QED) is 0.566. The van der Waals surface area contributed by atoms with Crippen LogP contribution in [0.4, 0.5) is 16.2 Å². The smallest absolute Gasteiger partial charge is 0.319 e. The predicted molar refractivity (Wildman–Crippen MR) is 122 cm³/mol. The number of carbonyl (C=O) groups is 2. The van der Waals surface area contributed by atoms with Gasteiger partial charge in [0.15, 0.2) is 0 Å². The molecule has 2 saturated heterocycles. The highest BCUT2D eigenvalue weighted by molar-refractivity contribution is 7.91. The highest BCUT2D eigenvalue weighted by atomic mass is 32.2. The van der Waals surface area contributed by atoms with Gasteiger partial charge in [0.1, 0.15) is 10.3 Å². The topological polar surface area (TPSA) is 117 Å². The Kier molecular flexibility index (Phi) is 7.09. The second kappa shape index (κ2) is 9.99. The van der Waals surface area contributed by atoms with Gasteiger partial charge in [-0.15, -0.1) is 11.3 Å². The van der Waals surface area contributed by atoms with E-state index in [0.29, 0.717) is 37.3 Å². The third kappa shape index (κ3) is 5.29. The fourth-order valence-electron chi connectivity index (χ4n) is 3.87. The Balaban J connectivity index is 1.31. The van der Waals surface area contributed by atoms with Gasteiger partial charge in [-0.05, 0) is 61.4 Å². The molecule has 2 aliphatic rings. The van der Waals surface area contributed by atoms with Crippen molar-refractivity contribution in [2.24, 2.45) is 0 Å². The molecule has 3 amide bonds. The first-order valence-corrected chi connectivity index (χ1v) is 12.9. The van der Waals surface area contributed by atoms with E-state index in [0.717, 1.165) is 30.8 Å². The van der Waals surface area contributed by atoms with E-state index in [-0.39, 0.29) is 22.3 Å². The minimum Gasteiger partial charge on any atom is -0.376 e. The lowest BCUT2D eigenvalue weighted by Crippen LogP contribution is -2.42. The maximum absolute atomic E-state index is 12.8. The Hall–Kier alpha value is -2.47. The Morgan fingerprint density at radius 2 is 1.81 bits per heavy atom. The molecule has 0 spiro atoms. The van der Waals surface area contributed by atoms with Crippen molar-refractivity contribution < 1.29 is 22.7 Å². The monoisotopic (exact) mass is 478 g/mol. The van der Waals surface area contributed by atoms with Gasteiger partial charge in [0.05, 0.1) is 6.10 Å². The normalized spacial score (nSPS) is 21.4. The maximum Gasteiger partial charge on any atom is 0.319 e. The Labute approximate surface area is 191 Å². The lowest BCUT2D eigenvalue weighted by atomic mass is 10.2. The van der Waals surface area contributed by atoms with Crippen LogP contribution in [0.1, 0.15) is 25.7 Å². The lowest BCUT2D eigenvalue weighted by molar-refractivity contribution is -0.119. The van der Waals surface area contributed by atoms with E-state index in [2.05, 4.69) is 16.0 Å². The molecule has 9 nitrogen and oxygen atoms in total. The minimum absolute atomic E-state index is 0.0668. The van der Waals surface area contributed by atoms with Gasteiger partial charge in [-0.2, -0.15) is 4.31 Å². The van der Waals surface area contributed by atoms with E-state index in [4.69, 9.17) is 4.74 Å². The van der Waals surface area contributed by atoms with Gasteiger partial charge in [-0.25, -0.2) is 13.2 Å². The number of thiophene rings is 1. The van der Waals surface area contributed by atoms with Crippen molar-refractivity contribution in [2.75, 3.05) is 30.3 Å². The number of nitrogens with one attached hydrogen (secondary N) is 3. The van der Waals surface area contributed by atoms with Crippen LogP contribution in [0.25, 0.3) is 0 Å². The first kappa shape index (κ1) is 22.7. The van der Waals surface area contributed by atoms with Crippen LogP contribution in [-0.4, -0.2) is 56.5 Å². The summed E-state index contributed by atoms with van der Waals surface area (Å²) in [4.78, 5) is 24.8. The van der Waals surface area contributed by atoms with Crippen molar-refractivity contribution in [2.45, 2.75) is 42.0 Å². The summed E-state index contributed by atoms with van der Waals surface area (Å²) in [5, 5.41) is 10.0. The van der Waals surface area contributed by atoms with Crippen molar-refractivity contribution in [3.63, 3.8) is 0 Å². The summed E-state index contributed by atoms with van der Waals surface area (Å²) in [7, 11) is -3.69. The number of urea groups is 1. The molecule has 2 aliphatic heterocycles. The van der Waals surface area contributed by atoms with Crippen LogP contribution >= 0.6 is 11.3 Å². The molecule has 2 atom stereocenters. The molecule has 0 saturated carbocycles. The zero-order valence-corrected chi connectivity index (χ0v) is 19.1. The highest BCUT2D eigenvalue weighted by Crippen LogP contribution is 2.29. The Morgan fingerprint density at radius 1 is 1.06 bits per heavy atom. The van der Waals surface area contributed by atoms with Crippen LogP contribution < -0.4 is 16.0 Å². The lowest BCUT2D eigenvalue weighted by Gasteiger charge is -2.22. The van der Waals surface area contributed by atoms with E-state index >= 15 is 0 Å². The number of anilines is 2. The van der Waals surface area contributed by atoms with Crippen LogP contribution in [0.2, 0.25) is 0 Å². The number of rotatable bonds is 7. The maximum atomic E-state index is 12.8. The number of nitrogens with zero attached hydrogens (tertiary/aromatic N) is 1. The van der Waals surface area contributed by atoms with Gasteiger partial charge in [-0.1, -0.05) is 6.07 Å². The Morgan fingerprint density at radius 3 is 2.47 bits per heavy atom. The molecule has 0 radical (unpaired) electrons. The van der Waals surface area contributed by atoms with Gasteiger partial charge in [0.2, 0.25) is 5.91 Å². The molecule has 11 heteroatoms. The van der Waals surface area contributed by atoms with E-state index < -0.39 is 16.1 Å². The molecule has 1 aromatic heterocycles. The van der Waals surface area contributed by atoms with E-state index in [1.54, 1.807) is 41.8 Å². The van der Waals surface area contributed by atoms with Gasteiger partial charge < -0.3 is 20.7 Å².